The van der Waals surface area contributed by atoms with Crippen LogP contribution in [0, 0.1) is 0 Å². The second-order valence-corrected chi connectivity index (χ2v) is 9.46. The first-order valence-corrected chi connectivity index (χ1v) is 11.3. The maximum absolute atomic E-state index is 12.8. The minimum absolute atomic E-state index is 0.177. The van der Waals surface area contributed by atoms with Gasteiger partial charge in [-0.25, -0.2) is 8.42 Å². The number of rotatable bonds is 8. The van der Waals surface area contributed by atoms with Gasteiger partial charge in [-0.2, -0.15) is 4.72 Å². The Bertz CT molecular complexity index is 1010. The molecule has 0 bridgehead atoms. The lowest BCUT2D eigenvalue weighted by atomic mass is 10.1. The van der Waals surface area contributed by atoms with Crippen LogP contribution in [0.5, 0.6) is 0 Å². The fraction of sp³-hybridized carbons (Fsp3) is 0.150. The Morgan fingerprint density at radius 1 is 0.964 bits per heavy atom. The molecule has 0 saturated carbocycles. The topological polar surface area (TPSA) is 75.3 Å². The highest BCUT2D eigenvalue weighted by molar-refractivity contribution is 7.91. The third kappa shape index (κ3) is 5.65. The van der Waals surface area contributed by atoms with E-state index in [0.717, 1.165) is 22.5 Å². The molecule has 0 radical (unpaired) electrons. The summed E-state index contributed by atoms with van der Waals surface area (Å²) in [5.74, 6) is -0.390. The quantitative estimate of drug-likeness (QED) is 0.568. The van der Waals surface area contributed by atoms with Gasteiger partial charge in [-0.3, -0.25) is 4.79 Å². The number of hydrogen-bond acceptors (Lipinski definition) is 4. The van der Waals surface area contributed by atoms with E-state index in [1.54, 1.807) is 23.6 Å². The van der Waals surface area contributed by atoms with E-state index in [1.165, 1.54) is 6.07 Å². The summed E-state index contributed by atoms with van der Waals surface area (Å²) < 4.78 is 27.9. The van der Waals surface area contributed by atoms with Crippen LogP contribution in [0.2, 0.25) is 5.02 Å². The first-order valence-electron chi connectivity index (χ1n) is 8.56. The number of hydrogen-bond donors (Lipinski definition) is 2. The number of sulfonamides is 1. The van der Waals surface area contributed by atoms with Gasteiger partial charge in [0.25, 0.3) is 10.0 Å². The molecule has 146 valence electrons. The number of nitrogens with one attached hydrogen (secondary N) is 2. The van der Waals surface area contributed by atoms with Gasteiger partial charge in [-0.05, 0) is 41.1 Å². The predicted octanol–water partition coefficient (Wildman–Crippen LogP) is 3.61. The molecule has 1 heterocycles. The molecule has 3 rings (SSSR count). The maximum Gasteiger partial charge on any atom is 0.250 e. The number of carbonyl (C=O) groups is 1. The van der Waals surface area contributed by atoms with Gasteiger partial charge in [0.15, 0.2) is 0 Å². The molecule has 3 aromatic rings. The Labute approximate surface area is 173 Å². The highest BCUT2D eigenvalue weighted by Crippen LogP contribution is 2.17. The Hall–Kier alpha value is -2.19. The molecule has 2 N–H and O–H groups in total. The van der Waals surface area contributed by atoms with Crippen LogP contribution < -0.4 is 10.0 Å². The molecule has 0 fully saturated rings. The summed E-state index contributed by atoms with van der Waals surface area (Å²) in [5.41, 5.74) is 1.74. The van der Waals surface area contributed by atoms with Crippen LogP contribution >= 0.6 is 22.9 Å². The Kier molecular flexibility index (Phi) is 6.85. The summed E-state index contributed by atoms with van der Waals surface area (Å²) in [6, 6.07) is 18.6. The molecular weight excluding hydrogens is 416 g/mol. The fourth-order valence-electron chi connectivity index (χ4n) is 2.61. The van der Waals surface area contributed by atoms with Crippen molar-refractivity contribution < 1.29 is 13.2 Å². The van der Waals surface area contributed by atoms with E-state index in [0.29, 0.717) is 5.02 Å². The van der Waals surface area contributed by atoms with Crippen LogP contribution in [-0.2, 0) is 27.8 Å². The van der Waals surface area contributed by atoms with Crippen molar-refractivity contribution in [3.63, 3.8) is 0 Å². The highest BCUT2D eigenvalue weighted by Gasteiger charge is 2.26. The second kappa shape index (κ2) is 9.34. The SMILES string of the molecule is O=C(NCc1ccc(Cl)cc1)[C@@H](Cc1ccccc1)NS(=O)(=O)c1cccs1. The molecule has 8 heteroatoms. The molecule has 0 spiro atoms. The maximum atomic E-state index is 12.8. The molecule has 5 nitrogen and oxygen atoms in total. The van der Waals surface area contributed by atoms with Gasteiger partial charge in [0, 0.05) is 11.6 Å². The molecule has 28 heavy (non-hydrogen) atoms. The van der Waals surface area contributed by atoms with Gasteiger partial charge in [0.05, 0.1) is 0 Å². The molecule has 0 aliphatic rings. The summed E-state index contributed by atoms with van der Waals surface area (Å²) in [6.07, 6.45) is 0.248. The Morgan fingerprint density at radius 3 is 2.32 bits per heavy atom. The van der Waals surface area contributed by atoms with Crippen molar-refractivity contribution in [1.82, 2.24) is 10.0 Å². The normalized spacial score (nSPS) is 12.5. The molecular formula is C20H19ClN2O3S2. The summed E-state index contributed by atoms with van der Waals surface area (Å²) in [7, 11) is -3.78. The van der Waals surface area contributed by atoms with Crippen LogP contribution in [0.15, 0.2) is 76.3 Å². The van der Waals surface area contributed by atoms with Gasteiger partial charge in [0.2, 0.25) is 5.91 Å². The standard InChI is InChI=1S/C20H19ClN2O3S2/c21-17-10-8-16(9-11-17)14-22-20(24)18(13-15-5-2-1-3-6-15)23-28(25,26)19-7-4-12-27-19/h1-12,18,23H,13-14H2,(H,22,24)/t18-/m1/s1. The lowest BCUT2D eigenvalue weighted by Gasteiger charge is -2.18. The van der Waals surface area contributed by atoms with Crippen LogP contribution in [0.4, 0.5) is 0 Å². The number of carbonyl (C=O) groups excluding carboxylic acids is 1. The van der Waals surface area contributed by atoms with E-state index in [4.69, 9.17) is 11.6 Å². The van der Waals surface area contributed by atoms with Crippen LogP contribution in [0.1, 0.15) is 11.1 Å². The van der Waals surface area contributed by atoms with Crippen molar-refractivity contribution >= 4 is 38.9 Å². The molecule has 2 aromatic carbocycles. The minimum atomic E-state index is -3.78. The van der Waals surface area contributed by atoms with Gasteiger partial charge < -0.3 is 5.32 Å². The Morgan fingerprint density at radius 2 is 1.68 bits per heavy atom. The van der Waals surface area contributed by atoms with Gasteiger partial charge in [-0.15, -0.1) is 11.3 Å². The predicted molar refractivity (Wildman–Crippen MR) is 112 cm³/mol. The molecule has 1 aromatic heterocycles. The van der Waals surface area contributed by atoms with Crippen LogP contribution in [-0.4, -0.2) is 20.4 Å². The van der Waals surface area contributed by atoms with Crippen molar-refractivity contribution in [3.05, 3.63) is 88.3 Å². The second-order valence-electron chi connectivity index (χ2n) is 6.14. The summed E-state index contributed by atoms with van der Waals surface area (Å²) in [5, 5.41) is 5.09. The van der Waals surface area contributed by atoms with E-state index in [-0.39, 0.29) is 23.1 Å². The molecule has 0 unspecified atom stereocenters. The number of halogens is 1. The van der Waals surface area contributed by atoms with Crippen molar-refractivity contribution in [2.45, 2.75) is 23.2 Å². The van der Waals surface area contributed by atoms with E-state index in [1.807, 2.05) is 42.5 Å². The van der Waals surface area contributed by atoms with Crippen LogP contribution in [0.25, 0.3) is 0 Å². The van der Waals surface area contributed by atoms with Gasteiger partial charge in [0.1, 0.15) is 10.3 Å². The number of amides is 1. The summed E-state index contributed by atoms with van der Waals surface area (Å²) in [6.45, 7) is 0.280. The number of thiophene rings is 1. The smallest absolute Gasteiger partial charge is 0.250 e. The van der Waals surface area contributed by atoms with Crippen LogP contribution in [0.3, 0.4) is 0 Å². The summed E-state index contributed by atoms with van der Waals surface area (Å²) in [4.78, 5) is 12.8. The highest BCUT2D eigenvalue weighted by atomic mass is 35.5. The molecule has 0 aliphatic heterocycles. The zero-order valence-corrected chi connectivity index (χ0v) is 17.2. The third-order valence-electron chi connectivity index (χ3n) is 4.04. The Balaban J connectivity index is 1.74. The van der Waals surface area contributed by atoms with Crippen molar-refractivity contribution in [2.24, 2.45) is 0 Å². The van der Waals surface area contributed by atoms with Crippen molar-refractivity contribution in [2.75, 3.05) is 0 Å². The lowest BCUT2D eigenvalue weighted by Crippen LogP contribution is -2.47. The molecule has 1 amide bonds. The molecule has 0 saturated heterocycles. The third-order valence-corrected chi connectivity index (χ3v) is 7.16. The van der Waals surface area contributed by atoms with E-state index >= 15 is 0 Å². The molecule has 0 aliphatic carbocycles. The van der Waals surface area contributed by atoms with Crippen molar-refractivity contribution in [1.29, 1.82) is 0 Å². The zero-order chi connectivity index (χ0) is 20.0. The first-order chi connectivity index (χ1) is 13.4. The monoisotopic (exact) mass is 434 g/mol. The van der Waals surface area contributed by atoms with E-state index < -0.39 is 16.1 Å². The molecule has 1 atom stereocenters. The summed E-state index contributed by atoms with van der Waals surface area (Å²) >= 11 is 6.98. The lowest BCUT2D eigenvalue weighted by molar-refractivity contribution is -0.122. The number of benzene rings is 2. The minimum Gasteiger partial charge on any atom is -0.351 e. The first kappa shape index (κ1) is 20.5. The van der Waals surface area contributed by atoms with Gasteiger partial charge in [-0.1, -0.05) is 60.1 Å². The van der Waals surface area contributed by atoms with E-state index in [9.17, 15) is 13.2 Å². The fourth-order valence-corrected chi connectivity index (χ4v) is 4.94. The van der Waals surface area contributed by atoms with Crippen molar-refractivity contribution in [3.8, 4) is 0 Å². The van der Waals surface area contributed by atoms with Gasteiger partial charge >= 0.3 is 0 Å². The largest absolute Gasteiger partial charge is 0.351 e. The average molecular weight is 435 g/mol. The zero-order valence-electron chi connectivity index (χ0n) is 14.8. The van der Waals surface area contributed by atoms with E-state index in [2.05, 4.69) is 10.0 Å². The average Bonchev–Trinajstić information content (AvgIpc) is 3.23.